The van der Waals surface area contributed by atoms with Gasteiger partial charge in [-0.25, -0.2) is 0 Å². The Morgan fingerprint density at radius 2 is 1.67 bits per heavy atom. The molecule has 1 fully saturated rings. The molecule has 1 rings (SSSR count). The quantitative estimate of drug-likeness (QED) is 0.427. The third kappa shape index (κ3) is 2.42. The average Bonchev–Trinajstić information content (AvgIpc) is 2.16. The maximum absolute atomic E-state index is 8.93. The molecule has 0 aromatic heterocycles. The van der Waals surface area contributed by atoms with Crippen molar-refractivity contribution in [3.63, 3.8) is 0 Å². The molecular weight excluding hydrogens is 156 g/mol. The summed E-state index contributed by atoms with van der Waals surface area (Å²) in [5.41, 5.74) is 5.55. The summed E-state index contributed by atoms with van der Waals surface area (Å²) in [6.07, 6.45) is 1.84. The first kappa shape index (κ1) is 9.92. The fourth-order valence-corrected chi connectivity index (χ4v) is 1.82. The van der Waals surface area contributed by atoms with Crippen molar-refractivity contribution in [2.75, 3.05) is 19.8 Å². The predicted octanol–water partition coefficient (Wildman–Crippen LogP) is -1.33. The van der Waals surface area contributed by atoms with Crippen LogP contribution < -0.4 is 11.1 Å². The van der Waals surface area contributed by atoms with Crippen LogP contribution in [0.1, 0.15) is 12.8 Å². The minimum Gasteiger partial charge on any atom is -0.395 e. The summed E-state index contributed by atoms with van der Waals surface area (Å²) in [6.45, 7) is 0.911. The minimum atomic E-state index is 0.115. The van der Waals surface area contributed by atoms with Crippen LogP contribution in [0, 0.1) is 5.92 Å². The molecule has 1 heterocycles. The molecule has 1 unspecified atom stereocenters. The number of rotatable bonds is 3. The van der Waals surface area contributed by atoms with Crippen molar-refractivity contribution in [1.29, 1.82) is 0 Å². The van der Waals surface area contributed by atoms with Crippen molar-refractivity contribution in [3.05, 3.63) is 0 Å². The van der Waals surface area contributed by atoms with Crippen molar-refractivity contribution < 1.29 is 10.2 Å². The van der Waals surface area contributed by atoms with Gasteiger partial charge in [0.15, 0.2) is 0 Å². The van der Waals surface area contributed by atoms with Crippen LogP contribution in [0.4, 0.5) is 0 Å². The zero-order chi connectivity index (χ0) is 8.97. The molecule has 0 amide bonds. The SMILES string of the molecule is NCC1C[C@@H](CO)N[C@@H](CO)C1. The summed E-state index contributed by atoms with van der Waals surface area (Å²) < 4.78 is 0. The summed E-state index contributed by atoms with van der Waals surface area (Å²) in [5, 5.41) is 21.0. The molecule has 0 spiro atoms. The second-order valence-corrected chi connectivity index (χ2v) is 3.50. The average molecular weight is 174 g/mol. The molecular formula is C8H18N2O2. The van der Waals surface area contributed by atoms with E-state index in [2.05, 4.69) is 5.32 Å². The Balaban J connectivity index is 2.41. The zero-order valence-electron chi connectivity index (χ0n) is 7.24. The fraction of sp³-hybridized carbons (Fsp3) is 1.00. The monoisotopic (exact) mass is 174 g/mol. The molecule has 0 aliphatic carbocycles. The lowest BCUT2D eigenvalue weighted by atomic mass is 9.88. The maximum atomic E-state index is 8.93. The van der Waals surface area contributed by atoms with Crippen molar-refractivity contribution in [1.82, 2.24) is 5.32 Å². The van der Waals surface area contributed by atoms with E-state index in [1.165, 1.54) is 0 Å². The van der Waals surface area contributed by atoms with Gasteiger partial charge in [-0.3, -0.25) is 0 Å². The van der Waals surface area contributed by atoms with Crippen LogP contribution in [0.2, 0.25) is 0 Å². The van der Waals surface area contributed by atoms with E-state index in [1.807, 2.05) is 0 Å². The Morgan fingerprint density at radius 3 is 2.00 bits per heavy atom. The van der Waals surface area contributed by atoms with Crippen molar-refractivity contribution in [2.24, 2.45) is 11.7 Å². The summed E-state index contributed by atoms with van der Waals surface area (Å²) in [6, 6.07) is 0.230. The molecule has 4 heteroatoms. The minimum absolute atomic E-state index is 0.115. The highest BCUT2D eigenvalue weighted by molar-refractivity contribution is 4.84. The van der Waals surface area contributed by atoms with Crippen molar-refractivity contribution in [2.45, 2.75) is 24.9 Å². The molecule has 1 saturated heterocycles. The van der Waals surface area contributed by atoms with Gasteiger partial charge in [0.2, 0.25) is 0 Å². The molecule has 4 nitrogen and oxygen atoms in total. The number of nitrogens with one attached hydrogen (secondary N) is 1. The van der Waals surface area contributed by atoms with Gasteiger partial charge in [0.1, 0.15) is 0 Å². The molecule has 0 saturated carbocycles. The van der Waals surface area contributed by atoms with Crippen LogP contribution in [0.5, 0.6) is 0 Å². The highest BCUT2D eigenvalue weighted by atomic mass is 16.3. The molecule has 0 bridgehead atoms. The topological polar surface area (TPSA) is 78.5 Å². The van der Waals surface area contributed by atoms with Gasteiger partial charge in [0.05, 0.1) is 13.2 Å². The van der Waals surface area contributed by atoms with Crippen molar-refractivity contribution >= 4 is 0 Å². The summed E-state index contributed by atoms with van der Waals surface area (Å²) >= 11 is 0. The van der Waals surface area contributed by atoms with E-state index in [1.54, 1.807) is 0 Å². The van der Waals surface area contributed by atoms with E-state index in [-0.39, 0.29) is 25.3 Å². The Bertz CT molecular complexity index is 102. The van der Waals surface area contributed by atoms with Gasteiger partial charge in [-0.2, -0.15) is 0 Å². The second kappa shape index (κ2) is 4.77. The fourth-order valence-electron chi connectivity index (χ4n) is 1.82. The highest BCUT2D eigenvalue weighted by Crippen LogP contribution is 2.18. The van der Waals surface area contributed by atoms with Gasteiger partial charge in [-0.15, -0.1) is 0 Å². The van der Waals surface area contributed by atoms with Crippen LogP contribution in [-0.4, -0.2) is 42.1 Å². The highest BCUT2D eigenvalue weighted by Gasteiger charge is 2.26. The van der Waals surface area contributed by atoms with Crippen molar-refractivity contribution in [3.8, 4) is 0 Å². The van der Waals surface area contributed by atoms with Gasteiger partial charge >= 0.3 is 0 Å². The Kier molecular flexibility index (Phi) is 3.94. The van der Waals surface area contributed by atoms with Gasteiger partial charge in [0, 0.05) is 12.1 Å². The standard InChI is InChI=1S/C8H18N2O2/c9-3-6-1-7(4-11)10-8(2-6)5-12/h6-8,10-12H,1-5,9H2/t6?,7-,8+. The van der Waals surface area contributed by atoms with E-state index in [9.17, 15) is 0 Å². The third-order valence-corrected chi connectivity index (χ3v) is 2.48. The summed E-state index contributed by atoms with van der Waals surface area (Å²) in [7, 11) is 0. The lowest BCUT2D eigenvalue weighted by Crippen LogP contribution is -2.50. The number of hydrogen-bond acceptors (Lipinski definition) is 4. The molecule has 72 valence electrons. The van der Waals surface area contributed by atoms with Gasteiger partial charge in [-0.05, 0) is 25.3 Å². The van der Waals surface area contributed by atoms with Gasteiger partial charge in [0.25, 0.3) is 0 Å². The van der Waals surface area contributed by atoms with E-state index >= 15 is 0 Å². The summed E-state index contributed by atoms with van der Waals surface area (Å²) in [5.74, 6) is 0.445. The number of aliphatic hydroxyl groups is 2. The molecule has 0 aromatic carbocycles. The molecule has 1 aliphatic rings. The molecule has 0 aromatic rings. The first-order valence-corrected chi connectivity index (χ1v) is 4.48. The largest absolute Gasteiger partial charge is 0.395 e. The Morgan fingerprint density at radius 1 is 1.17 bits per heavy atom. The van der Waals surface area contributed by atoms with Gasteiger partial charge in [-0.1, -0.05) is 0 Å². The molecule has 1 aliphatic heterocycles. The molecule has 3 atom stereocenters. The Labute approximate surface area is 72.8 Å². The molecule has 12 heavy (non-hydrogen) atoms. The first-order chi connectivity index (χ1) is 5.80. The maximum Gasteiger partial charge on any atom is 0.0584 e. The number of aliphatic hydroxyl groups excluding tert-OH is 2. The van der Waals surface area contributed by atoms with Crippen LogP contribution in [0.25, 0.3) is 0 Å². The van der Waals surface area contributed by atoms with Gasteiger partial charge < -0.3 is 21.3 Å². The Hall–Kier alpha value is -0.160. The second-order valence-electron chi connectivity index (χ2n) is 3.50. The number of piperidine rings is 1. The third-order valence-electron chi connectivity index (χ3n) is 2.48. The first-order valence-electron chi connectivity index (χ1n) is 4.48. The van der Waals surface area contributed by atoms with E-state index in [4.69, 9.17) is 15.9 Å². The predicted molar refractivity (Wildman–Crippen MR) is 46.7 cm³/mol. The normalized spacial score (nSPS) is 36.8. The molecule has 0 radical (unpaired) electrons. The molecule has 5 N–H and O–H groups in total. The van der Waals surface area contributed by atoms with Crippen LogP contribution in [0.3, 0.4) is 0 Å². The zero-order valence-corrected chi connectivity index (χ0v) is 7.24. The van der Waals surface area contributed by atoms with Crippen LogP contribution >= 0.6 is 0 Å². The lowest BCUT2D eigenvalue weighted by molar-refractivity contribution is 0.130. The van der Waals surface area contributed by atoms with Crippen LogP contribution in [-0.2, 0) is 0 Å². The summed E-state index contributed by atoms with van der Waals surface area (Å²) in [4.78, 5) is 0. The van der Waals surface area contributed by atoms with Crippen LogP contribution in [0.15, 0.2) is 0 Å². The number of nitrogens with two attached hydrogens (primary N) is 1. The van der Waals surface area contributed by atoms with E-state index in [0.717, 1.165) is 12.8 Å². The smallest absolute Gasteiger partial charge is 0.0584 e. The number of hydrogen-bond donors (Lipinski definition) is 4. The lowest BCUT2D eigenvalue weighted by Gasteiger charge is -2.34. The van der Waals surface area contributed by atoms with E-state index < -0.39 is 0 Å². The van der Waals surface area contributed by atoms with E-state index in [0.29, 0.717) is 12.5 Å².